The van der Waals surface area contributed by atoms with Crippen molar-refractivity contribution < 1.29 is 30.3 Å². The van der Waals surface area contributed by atoms with Crippen LogP contribution in [0.25, 0.3) is 0 Å². The highest BCUT2D eigenvalue weighted by atomic mass is 16.6. The molecule has 6 nitrogen and oxygen atoms in total. The van der Waals surface area contributed by atoms with Crippen molar-refractivity contribution in [2.45, 2.75) is 50.2 Å². The predicted molar refractivity (Wildman–Crippen MR) is 45.2 cm³/mol. The molecule has 0 aromatic carbocycles. The topological polar surface area (TPSA) is 110 Å². The lowest BCUT2D eigenvalue weighted by atomic mass is 9.84. The minimum absolute atomic E-state index is 1.07. The van der Waals surface area contributed by atoms with E-state index in [0.717, 1.165) is 0 Å². The van der Waals surface area contributed by atoms with E-state index in [1.807, 2.05) is 0 Å². The summed E-state index contributed by atoms with van der Waals surface area (Å²) in [6.45, 7) is 2.58. The van der Waals surface area contributed by atoms with Gasteiger partial charge in [0.15, 0.2) is 6.29 Å². The normalized spacial score (nSPS) is 51.6. The molecule has 1 aliphatic heterocycles. The first-order valence-corrected chi connectivity index (χ1v) is 4.38. The number of hydrogen-bond donors (Lipinski definition) is 5. The van der Waals surface area contributed by atoms with Crippen LogP contribution in [0, 0.1) is 0 Å². The summed E-state index contributed by atoms with van der Waals surface area (Å²) in [4.78, 5) is 0. The summed E-state index contributed by atoms with van der Waals surface area (Å²) in [5.41, 5.74) is -1.80. The fourth-order valence-electron chi connectivity index (χ4n) is 1.64. The van der Waals surface area contributed by atoms with Crippen molar-refractivity contribution in [1.29, 1.82) is 0 Å². The molecule has 0 radical (unpaired) electrons. The second-order valence-electron chi connectivity index (χ2n) is 3.85. The molecule has 14 heavy (non-hydrogen) atoms. The Morgan fingerprint density at radius 2 is 1.79 bits per heavy atom. The van der Waals surface area contributed by atoms with Gasteiger partial charge in [-0.3, -0.25) is 0 Å². The zero-order valence-electron chi connectivity index (χ0n) is 8.03. The maximum Gasteiger partial charge on any atom is 0.184 e. The molecule has 1 rings (SSSR count). The van der Waals surface area contributed by atoms with Gasteiger partial charge in [0.1, 0.15) is 23.9 Å². The van der Waals surface area contributed by atoms with Gasteiger partial charge < -0.3 is 30.3 Å². The minimum Gasteiger partial charge on any atom is -0.391 e. The van der Waals surface area contributed by atoms with E-state index in [9.17, 15) is 20.4 Å². The molecule has 1 saturated heterocycles. The average molecular weight is 208 g/mol. The average Bonchev–Trinajstić information content (AvgIpc) is 2.08. The second-order valence-corrected chi connectivity index (χ2v) is 3.85. The second kappa shape index (κ2) is 3.73. The third kappa shape index (κ3) is 1.77. The highest BCUT2D eigenvalue weighted by Gasteiger charge is 2.52. The van der Waals surface area contributed by atoms with Gasteiger partial charge in [0.25, 0.3) is 0 Å². The van der Waals surface area contributed by atoms with Gasteiger partial charge in [0.2, 0.25) is 0 Å². The van der Waals surface area contributed by atoms with Crippen molar-refractivity contribution in [3.05, 3.63) is 0 Å². The lowest BCUT2D eigenvalue weighted by Gasteiger charge is -2.46. The maximum absolute atomic E-state index is 9.76. The van der Waals surface area contributed by atoms with Gasteiger partial charge in [0, 0.05) is 0 Å². The van der Waals surface area contributed by atoms with Crippen LogP contribution in [0.4, 0.5) is 0 Å². The third-order valence-corrected chi connectivity index (χ3v) is 2.51. The molecule has 0 aromatic rings. The van der Waals surface area contributed by atoms with Crippen LogP contribution >= 0.6 is 0 Å². The first-order chi connectivity index (χ1) is 6.28. The molecule has 1 heterocycles. The molecule has 0 bridgehead atoms. The SMILES string of the molecule is CC(O)[C@H]1O[C@H](O)[C@H](O)[C@@H](O)[C@]1(C)O. The van der Waals surface area contributed by atoms with Crippen molar-refractivity contribution in [2.75, 3.05) is 0 Å². The number of aliphatic hydroxyl groups excluding tert-OH is 4. The zero-order chi connectivity index (χ0) is 11.1. The zero-order valence-corrected chi connectivity index (χ0v) is 8.03. The standard InChI is InChI=1S/C8H16O6/c1-3(9)6-8(2,13)5(11)4(10)7(12)14-6/h3-7,9-13H,1-2H3/t3?,4-,5-,6-,7+,8+/m1/s1. The summed E-state index contributed by atoms with van der Waals surface area (Å²) < 4.78 is 4.79. The quantitative estimate of drug-likeness (QED) is 0.327. The Labute approximate surface area is 81.4 Å². The monoisotopic (exact) mass is 208 g/mol. The van der Waals surface area contributed by atoms with Gasteiger partial charge in [-0.1, -0.05) is 0 Å². The van der Waals surface area contributed by atoms with E-state index in [4.69, 9.17) is 9.84 Å². The summed E-state index contributed by atoms with van der Waals surface area (Å²) in [5.74, 6) is 0. The molecule has 0 aliphatic carbocycles. The van der Waals surface area contributed by atoms with Crippen molar-refractivity contribution in [3.8, 4) is 0 Å². The number of rotatable bonds is 1. The summed E-state index contributed by atoms with van der Waals surface area (Å²) in [5, 5.41) is 46.8. The van der Waals surface area contributed by atoms with Crippen LogP contribution < -0.4 is 0 Å². The summed E-state index contributed by atoms with van der Waals surface area (Å²) in [6, 6.07) is 0. The molecule has 0 saturated carbocycles. The van der Waals surface area contributed by atoms with E-state index in [1.165, 1.54) is 13.8 Å². The van der Waals surface area contributed by atoms with Crippen LogP contribution in [0.1, 0.15) is 13.8 Å². The highest BCUT2D eigenvalue weighted by molar-refractivity contribution is 5.00. The first kappa shape index (κ1) is 11.8. The fraction of sp³-hybridized carbons (Fsp3) is 1.00. The number of hydrogen-bond acceptors (Lipinski definition) is 6. The molecule has 84 valence electrons. The minimum atomic E-state index is -1.80. The molecule has 5 N–H and O–H groups in total. The van der Waals surface area contributed by atoms with Crippen LogP contribution in [0.2, 0.25) is 0 Å². The highest BCUT2D eigenvalue weighted by Crippen LogP contribution is 2.30. The molecular formula is C8H16O6. The Balaban J connectivity index is 2.89. The van der Waals surface area contributed by atoms with E-state index in [-0.39, 0.29) is 0 Å². The molecule has 0 amide bonds. The summed E-state index contributed by atoms with van der Waals surface area (Å²) in [6.07, 6.45) is -6.96. The van der Waals surface area contributed by atoms with E-state index in [0.29, 0.717) is 0 Å². The Morgan fingerprint density at radius 3 is 2.21 bits per heavy atom. The van der Waals surface area contributed by atoms with E-state index >= 15 is 0 Å². The third-order valence-electron chi connectivity index (χ3n) is 2.51. The van der Waals surface area contributed by atoms with Crippen LogP contribution in [0.3, 0.4) is 0 Å². The Kier molecular flexibility index (Phi) is 3.15. The first-order valence-electron chi connectivity index (χ1n) is 4.38. The molecule has 1 fully saturated rings. The summed E-state index contributed by atoms with van der Waals surface area (Å²) in [7, 11) is 0. The van der Waals surface area contributed by atoms with Crippen molar-refractivity contribution in [2.24, 2.45) is 0 Å². The van der Waals surface area contributed by atoms with Crippen molar-refractivity contribution in [3.63, 3.8) is 0 Å². The van der Waals surface area contributed by atoms with Gasteiger partial charge in [0.05, 0.1) is 6.10 Å². The van der Waals surface area contributed by atoms with Crippen LogP contribution in [0.15, 0.2) is 0 Å². The van der Waals surface area contributed by atoms with Crippen molar-refractivity contribution >= 4 is 0 Å². The van der Waals surface area contributed by atoms with E-state index in [1.54, 1.807) is 0 Å². The van der Waals surface area contributed by atoms with Gasteiger partial charge in [-0.05, 0) is 13.8 Å². The van der Waals surface area contributed by atoms with Gasteiger partial charge in [-0.2, -0.15) is 0 Å². The van der Waals surface area contributed by atoms with Crippen LogP contribution in [-0.4, -0.2) is 61.8 Å². The maximum atomic E-state index is 9.76. The largest absolute Gasteiger partial charge is 0.391 e. The smallest absolute Gasteiger partial charge is 0.184 e. The van der Waals surface area contributed by atoms with E-state index in [2.05, 4.69) is 0 Å². The summed E-state index contributed by atoms with van der Waals surface area (Å²) >= 11 is 0. The molecular weight excluding hydrogens is 192 g/mol. The fourth-order valence-corrected chi connectivity index (χ4v) is 1.64. The van der Waals surface area contributed by atoms with Gasteiger partial charge in [-0.15, -0.1) is 0 Å². The number of aliphatic hydroxyl groups is 5. The van der Waals surface area contributed by atoms with Crippen LogP contribution in [-0.2, 0) is 4.74 Å². The van der Waals surface area contributed by atoms with Gasteiger partial charge in [-0.25, -0.2) is 0 Å². The van der Waals surface area contributed by atoms with Gasteiger partial charge >= 0.3 is 0 Å². The molecule has 6 atom stereocenters. The Morgan fingerprint density at radius 1 is 1.29 bits per heavy atom. The Hall–Kier alpha value is -0.240. The Bertz CT molecular complexity index is 204. The molecule has 1 unspecified atom stereocenters. The number of ether oxygens (including phenoxy) is 1. The van der Waals surface area contributed by atoms with Crippen molar-refractivity contribution in [1.82, 2.24) is 0 Å². The lowest BCUT2D eigenvalue weighted by molar-refractivity contribution is -0.324. The van der Waals surface area contributed by atoms with E-state index < -0.39 is 36.3 Å². The molecule has 0 spiro atoms. The molecule has 6 heteroatoms. The predicted octanol–water partition coefficient (Wildman–Crippen LogP) is -2.44. The molecule has 0 aromatic heterocycles. The molecule has 1 aliphatic rings. The van der Waals surface area contributed by atoms with Crippen LogP contribution in [0.5, 0.6) is 0 Å². The lowest BCUT2D eigenvalue weighted by Crippen LogP contribution is -2.66.